The van der Waals surface area contributed by atoms with Crippen LogP contribution in [0, 0.1) is 5.92 Å². The smallest absolute Gasteiger partial charge is 0.331 e. The lowest BCUT2D eigenvalue weighted by Crippen LogP contribution is -2.55. The number of ether oxygens (including phenoxy) is 1. The van der Waals surface area contributed by atoms with Gasteiger partial charge in [0, 0.05) is 18.9 Å². The van der Waals surface area contributed by atoms with Gasteiger partial charge >= 0.3 is 5.97 Å². The molecule has 0 spiro atoms. The van der Waals surface area contributed by atoms with E-state index in [0.29, 0.717) is 13.0 Å². The summed E-state index contributed by atoms with van der Waals surface area (Å²) in [5, 5.41) is 12.0. The number of carbonyl (C=O) groups excluding carboxylic acids is 1. The number of hydrogen-bond donors (Lipinski definition) is 2. The Bertz CT molecular complexity index is 522. The molecular formula is C15H17NO4. The molecule has 2 aliphatic rings. The van der Waals surface area contributed by atoms with Crippen LogP contribution in [-0.2, 0) is 14.3 Å². The fourth-order valence-electron chi connectivity index (χ4n) is 2.77. The average molecular weight is 275 g/mol. The number of amides is 1. The fraction of sp³-hybridized carbons (Fsp3) is 0.467. The molecule has 3 rings (SSSR count). The highest BCUT2D eigenvalue weighted by atomic mass is 16.5. The topological polar surface area (TPSA) is 75.6 Å². The van der Waals surface area contributed by atoms with Crippen LogP contribution >= 0.6 is 0 Å². The quantitative estimate of drug-likeness (QED) is 0.864. The Morgan fingerprint density at radius 3 is 2.65 bits per heavy atom. The molecule has 0 bridgehead atoms. The van der Waals surface area contributed by atoms with E-state index in [-0.39, 0.29) is 24.3 Å². The summed E-state index contributed by atoms with van der Waals surface area (Å²) in [5.41, 5.74) is -0.0966. The lowest BCUT2D eigenvalue weighted by molar-refractivity contribution is -0.147. The lowest BCUT2D eigenvalue weighted by Gasteiger charge is -2.23. The third-order valence-electron chi connectivity index (χ3n) is 4.15. The average Bonchev–Trinajstić information content (AvgIpc) is 3.12. The van der Waals surface area contributed by atoms with E-state index in [1.807, 2.05) is 30.3 Å². The molecule has 1 aromatic carbocycles. The van der Waals surface area contributed by atoms with Gasteiger partial charge < -0.3 is 15.2 Å². The second kappa shape index (κ2) is 4.90. The van der Waals surface area contributed by atoms with Gasteiger partial charge in [-0.3, -0.25) is 4.79 Å². The van der Waals surface area contributed by atoms with Gasteiger partial charge in [0.15, 0.2) is 5.54 Å². The van der Waals surface area contributed by atoms with E-state index >= 15 is 0 Å². The Kier molecular flexibility index (Phi) is 3.22. The van der Waals surface area contributed by atoms with Crippen molar-refractivity contribution < 1.29 is 19.4 Å². The zero-order valence-corrected chi connectivity index (χ0v) is 11.0. The van der Waals surface area contributed by atoms with Gasteiger partial charge in [-0.1, -0.05) is 30.3 Å². The van der Waals surface area contributed by atoms with E-state index in [1.165, 1.54) is 0 Å². The summed E-state index contributed by atoms with van der Waals surface area (Å²) in [6.45, 7) is 0.427. The van der Waals surface area contributed by atoms with Gasteiger partial charge in [0.1, 0.15) is 0 Å². The zero-order valence-electron chi connectivity index (χ0n) is 11.0. The number of carbonyl (C=O) groups is 2. The number of hydrogen-bond acceptors (Lipinski definition) is 3. The van der Waals surface area contributed by atoms with Crippen molar-refractivity contribution in [3.05, 3.63) is 35.9 Å². The van der Waals surface area contributed by atoms with Gasteiger partial charge in [-0.05, 0) is 17.9 Å². The second-order valence-electron chi connectivity index (χ2n) is 5.54. The molecule has 3 unspecified atom stereocenters. The molecule has 0 aromatic heterocycles. The van der Waals surface area contributed by atoms with Gasteiger partial charge in [0.2, 0.25) is 5.91 Å². The molecule has 5 nitrogen and oxygen atoms in total. The number of carboxylic acids is 1. The maximum absolute atomic E-state index is 12.2. The number of nitrogens with one attached hydrogen (secondary N) is 1. The first-order chi connectivity index (χ1) is 9.62. The van der Waals surface area contributed by atoms with E-state index in [2.05, 4.69) is 5.32 Å². The molecule has 1 saturated heterocycles. The number of aliphatic carboxylic acids is 1. The van der Waals surface area contributed by atoms with Crippen LogP contribution in [0.3, 0.4) is 0 Å². The third-order valence-corrected chi connectivity index (χ3v) is 4.15. The Hall–Kier alpha value is -1.88. The molecule has 2 N–H and O–H groups in total. The predicted octanol–water partition coefficient (Wildman–Crippen LogP) is 1.15. The maximum atomic E-state index is 12.2. The molecule has 1 aromatic rings. The summed E-state index contributed by atoms with van der Waals surface area (Å²) in [4.78, 5) is 23.6. The summed E-state index contributed by atoms with van der Waals surface area (Å²) < 4.78 is 5.14. The van der Waals surface area contributed by atoms with Gasteiger partial charge in [0.25, 0.3) is 0 Å². The molecule has 1 aliphatic carbocycles. The highest BCUT2D eigenvalue weighted by Gasteiger charge is 2.50. The third kappa shape index (κ3) is 2.29. The lowest BCUT2D eigenvalue weighted by atomic mass is 9.98. The highest BCUT2D eigenvalue weighted by Crippen LogP contribution is 2.47. The summed E-state index contributed by atoms with van der Waals surface area (Å²) >= 11 is 0. The Morgan fingerprint density at radius 1 is 1.30 bits per heavy atom. The van der Waals surface area contributed by atoms with Crippen LogP contribution < -0.4 is 5.32 Å². The fourth-order valence-corrected chi connectivity index (χ4v) is 2.77. The van der Waals surface area contributed by atoms with Gasteiger partial charge in [0.05, 0.1) is 6.61 Å². The molecule has 1 aliphatic heterocycles. The van der Waals surface area contributed by atoms with Crippen LogP contribution in [0.15, 0.2) is 30.3 Å². The number of benzene rings is 1. The van der Waals surface area contributed by atoms with Gasteiger partial charge in [-0.2, -0.15) is 0 Å². The second-order valence-corrected chi connectivity index (χ2v) is 5.54. The van der Waals surface area contributed by atoms with E-state index in [1.54, 1.807) is 0 Å². The summed E-state index contributed by atoms with van der Waals surface area (Å²) in [5.74, 6) is -1.09. The van der Waals surface area contributed by atoms with Crippen molar-refractivity contribution in [3.63, 3.8) is 0 Å². The minimum Gasteiger partial charge on any atom is -0.479 e. The molecule has 2 fully saturated rings. The normalized spacial score (nSPS) is 31.8. The molecule has 5 heteroatoms. The monoisotopic (exact) mass is 275 g/mol. The first kappa shape index (κ1) is 13.1. The van der Waals surface area contributed by atoms with Crippen LogP contribution in [0.5, 0.6) is 0 Å². The Morgan fingerprint density at radius 2 is 2.05 bits per heavy atom. The van der Waals surface area contributed by atoms with E-state index < -0.39 is 11.5 Å². The standard InChI is InChI=1S/C15H17NO4/c17-13(16-15(14(18)19)6-7-20-9-15)12-8-11(12)10-4-2-1-3-5-10/h1-5,11-12H,6-9H2,(H,16,17)(H,18,19). The van der Waals surface area contributed by atoms with Gasteiger partial charge in [-0.15, -0.1) is 0 Å². The summed E-state index contributed by atoms with van der Waals surface area (Å²) in [7, 11) is 0. The molecule has 1 heterocycles. The van der Waals surface area contributed by atoms with Gasteiger partial charge in [-0.25, -0.2) is 4.79 Å². The number of carboxylic acid groups (broad SMARTS) is 1. The molecule has 1 amide bonds. The van der Waals surface area contributed by atoms with Crippen molar-refractivity contribution in [1.82, 2.24) is 5.32 Å². The summed E-state index contributed by atoms with van der Waals surface area (Å²) in [6.07, 6.45) is 1.11. The SMILES string of the molecule is O=C(NC1(C(=O)O)CCOC1)C1CC1c1ccccc1. The van der Waals surface area contributed by atoms with Crippen LogP contribution in [0.2, 0.25) is 0 Å². The van der Waals surface area contributed by atoms with Crippen molar-refractivity contribution in [2.24, 2.45) is 5.92 Å². The highest BCUT2D eigenvalue weighted by molar-refractivity contribution is 5.90. The predicted molar refractivity (Wildman–Crippen MR) is 71.2 cm³/mol. The minimum absolute atomic E-state index is 0.0524. The minimum atomic E-state index is -1.24. The molecule has 3 atom stereocenters. The van der Waals surface area contributed by atoms with E-state index in [9.17, 15) is 14.7 Å². The Labute approximate surface area is 116 Å². The molecular weight excluding hydrogens is 258 g/mol. The Balaban J connectivity index is 1.65. The van der Waals surface area contributed by atoms with Crippen LogP contribution in [0.25, 0.3) is 0 Å². The molecule has 0 radical (unpaired) electrons. The van der Waals surface area contributed by atoms with Crippen molar-refractivity contribution >= 4 is 11.9 Å². The zero-order chi connectivity index (χ0) is 14.2. The van der Waals surface area contributed by atoms with Crippen molar-refractivity contribution in [1.29, 1.82) is 0 Å². The van der Waals surface area contributed by atoms with E-state index in [4.69, 9.17) is 4.74 Å². The first-order valence-corrected chi connectivity index (χ1v) is 6.80. The molecule has 20 heavy (non-hydrogen) atoms. The van der Waals surface area contributed by atoms with Crippen molar-refractivity contribution in [2.45, 2.75) is 24.3 Å². The maximum Gasteiger partial charge on any atom is 0.331 e. The van der Waals surface area contributed by atoms with Crippen molar-refractivity contribution in [3.8, 4) is 0 Å². The van der Waals surface area contributed by atoms with E-state index in [0.717, 1.165) is 12.0 Å². The first-order valence-electron chi connectivity index (χ1n) is 6.80. The molecule has 106 valence electrons. The largest absolute Gasteiger partial charge is 0.479 e. The van der Waals surface area contributed by atoms with Crippen LogP contribution in [0.1, 0.15) is 24.3 Å². The summed E-state index contributed by atoms with van der Waals surface area (Å²) in [6, 6.07) is 9.85. The van der Waals surface area contributed by atoms with Crippen LogP contribution in [-0.4, -0.2) is 35.7 Å². The van der Waals surface area contributed by atoms with Crippen molar-refractivity contribution in [2.75, 3.05) is 13.2 Å². The molecule has 1 saturated carbocycles. The number of rotatable bonds is 4. The van der Waals surface area contributed by atoms with Crippen LogP contribution in [0.4, 0.5) is 0 Å².